The molecule has 3 aliphatic heterocycles. The van der Waals surface area contributed by atoms with Crippen LogP contribution in [0, 0.1) is 0 Å². The average molecular weight is 830 g/mol. The average Bonchev–Trinajstić information content (AvgIpc) is 3.54. The number of fused-ring (bicyclic) bond motifs is 1. The van der Waals surface area contributed by atoms with E-state index >= 15 is 0 Å². The van der Waals surface area contributed by atoms with Gasteiger partial charge >= 0.3 is 35.9 Å². The second-order valence-corrected chi connectivity index (χ2v) is 13.8. The number of imide groups is 1. The first kappa shape index (κ1) is 44.6. The SMILES string of the molecule is CCCO[C@@H]1O[C@H](COC(=O)c2ccccc2)[C@H](O)[C@H](OC2C[C@@H]3OC(=O)N(C(C)=O)[C@H]3[C@H](C(OC(C)=O)C(COC(C)=O)OC(C)=O)O2)[C@H]1OC(=O)c1ccccc1. The normalized spacial score (nSPS) is 27.3. The monoisotopic (exact) mass is 829 g/mol. The molecule has 0 saturated carbocycles. The third-order valence-electron chi connectivity index (χ3n) is 9.35. The van der Waals surface area contributed by atoms with Gasteiger partial charge < -0.3 is 52.5 Å². The highest BCUT2D eigenvalue weighted by Crippen LogP contribution is 2.39. The van der Waals surface area contributed by atoms with Crippen LogP contribution in [-0.2, 0) is 66.5 Å². The van der Waals surface area contributed by atoms with Crippen molar-refractivity contribution in [1.82, 2.24) is 4.90 Å². The van der Waals surface area contributed by atoms with Crippen molar-refractivity contribution < 1.29 is 86.0 Å². The van der Waals surface area contributed by atoms with E-state index in [2.05, 4.69) is 0 Å². The lowest BCUT2D eigenvalue weighted by atomic mass is 9.91. The van der Waals surface area contributed by atoms with Gasteiger partial charge in [0.05, 0.1) is 11.1 Å². The number of hydrogen-bond donors (Lipinski definition) is 1. The van der Waals surface area contributed by atoms with E-state index in [1.807, 2.05) is 6.92 Å². The maximum atomic E-state index is 13.5. The third-order valence-corrected chi connectivity index (χ3v) is 9.35. The van der Waals surface area contributed by atoms with Gasteiger partial charge in [0.25, 0.3) is 0 Å². The Morgan fingerprint density at radius 2 is 1.44 bits per heavy atom. The molecule has 59 heavy (non-hydrogen) atoms. The molecule has 0 aromatic heterocycles. The number of esters is 5. The number of carbonyl (C=O) groups excluding carboxylic acids is 7. The second-order valence-electron chi connectivity index (χ2n) is 13.8. The predicted molar refractivity (Wildman–Crippen MR) is 196 cm³/mol. The molecule has 3 aliphatic rings. The third kappa shape index (κ3) is 11.4. The lowest BCUT2D eigenvalue weighted by molar-refractivity contribution is -0.340. The number of carbonyl (C=O) groups is 7. The minimum atomic E-state index is -1.73. The predicted octanol–water partition coefficient (Wildman–Crippen LogP) is 2.24. The lowest BCUT2D eigenvalue weighted by Crippen LogP contribution is -2.65. The fourth-order valence-electron chi connectivity index (χ4n) is 6.88. The van der Waals surface area contributed by atoms with E-state index in [1.165, 1.54) is 24.3 Å². The number of rotatable bonds is 16. The van der Waals surface area contributed by atoms with Crippen molar-refractivity contribution in [2.45, 2.75) is 115 Å². The van der Waals surface area contributed by atoms with Crippen molar-refractivity contribution in [3.63, 3.8) is 0 Å². The van der Waals surface area contributed by atoms with Crippen molar-refractivity contribution in [3.8, 4) is 0 Å². The minimum absolute atomic E-state index is 0.0932. The number of nitrogens with zero attached hydrogens (tertiary/aromatic N) is 1. The zero-order valence-corrected chi connectivity index (χ0v) is 33.0. The second kappa shape index (κ2) is 20.5. The van der Waals surface area contributed by atoms with Gasteiger partial charge in [-0.2, -0.15) is 0 Å². The summed E-state index contributed by atoms with van der Waals surface area (Å²) < 4.78 is 58.1. The van der Waals surface area contributed by atoms with Gasteiger partial charge in [0.2, 0.25) is 5.91 Å². The molecule has 0 bridgehead atoms. The van der Waals surface area contributed by atoms with Crippen molar-refractivity contribution in [2.24, 2.45) is 0 Å². The molecule has 0 aliphatic carbocycles. The summed E-state index contributed by atoms with van der Waals surface area (Å²) in [4.78, 5) is 90.0. The first-order valence-electron chi connectivity index (χ1n) is 18.9. The van der Waals surface area contributed by atoms with Crippen LogP contribution in [0.2, 0.25) is 0 Å². The van der Waals surface area contributed by atoms with Gasteiger partial charge in [-0.25, -0.2) is 19.3 Å². The Bertz CT molecular complexity index is 1810. The summed E-state index contributed by atoms with van der Waals surface area (Å²) in [5.41, 5.74) is 0.366. The van der Waals surface area contributed by atoms with Gasteiger partial charge in [0.1, 0.15) is 49.8 Å². The molecule has 11 atom stereocenters. The quantitative estimate of drug-likeness (QED) is 0.189. The van der Waals surface area contributed by atoms with Crippen molar-refractivity contribution in [1.29, 1.82) is 0 Å². The molecule has 320 valence electrons. The van der Waals surface area contributed by atoms with Crippen LogP contribution >= 0.6 is 0 Å². The molecule has 2 aromatic rings. The Balaban J connectivity index is 1.53. The maximum Gasteiger partial charge on any atom is 0.417 e. The molecule has 2 amide bonds. The molecule has 3 unspecified atom stereocenters. The zero-order valence-electron chi connectivity index (χ0n) is 33.0. The minimum Gasteiger partial charge on any atom is -0.462 e. The number of amides is 2. The summed E-state index contributed by atoms with van der Waals surface area (Å²) in [7, 11) is 0. The van der Waals surface area contributed by atoms with E-state index in [9.17, 15) is 38.7 Å². The Morgan fingerprint density at radius 1 is 0.814 bits per heavy atom. The highest BCUT2D eigenvalue weighted by atomic mass is 16.7. The molecule has 0 radical (unpaired) electrons. The van der Waals surface area contributed by atoms with E-state index in [0.717, 1.165) is 32.6 Å². The first-order valence-corrected chi connectivity index (χ1v) is 18.9. The highest BCUT2D eigenvalue weighted by molar-refractivity contribution is 5.93. The summed E-state index contributed by atoms with van der Waals surface area (Å²) in [6.45, 7) is 5.05. The molecule has 2 aromatic carbocycles. The fourth-order valence-corrected chi connectivity index (χ4v) is 6.88. The summed E-state index contributed by atoms with van der Waals surface area (Å²) in [5, 5.41) is 11.9. The van der Waals surface area contributed by atoms with Crippen LogP contribution in [-0.4, -0.2) is 139 Å². The number of aliphatic hydroxyl groups excluding tert-OH is 1. The molecule has 3 fully saturated rings. The number of aliphatic hydroxyl groups is 1. The smallest absolute Gasteiger partial charge is 0.417 e. The molecule has 19 nitrogen and oxygen atoms in total. The molecular formula is C40H47NO18. The molecule has 3 saturated heterocycles. The van der Waals surface area contributed by atoms with Crippen molar-refractivity contribution in [3.05, 3.63) is 71.8 Å². The first-order chi connectivity index (χ1) is 28.2. The van der Waals surface area contributed by atoms with Crippen LogP contribution < -0.4 is 0 Å². The van der Waals surface area contributed by atoms with Crippen molar-refractivity contribution >= 4 is 41.8 Å². The topological polar surface area (TPSA) is 235 Å². The maximum absolute atomic E-state index is 13.5. The lowest BCUT2D eigenvalue weighted by Gasteiger charge is -2.47. The molecule has 5 rings (SSSR count). The van der Waals surface area contributed by atoms with Crippen LogP contribution in [0.15, 0.2) is 60.7 Å². The van der Waals surface area contributed by atoms with Gasteiger partial charge in [-0.05, 0) is 30.7 Å². The Hall–Kier alpha value is -5.47. The summed E-state index contributed by atoms with van der Waals surface area (Å²) in [6.07, 6.45) is -16.0. The van der Waals surface area contributed by atoms with E-state index < -0.39 is 123 Å². The molecular weight excluding hydrogens is 782 g/mol. The van der Waals surface area contributed by atoms with E-state index in [0.29, 0.717) is 6.42 Å². The standard InChI is InChI=1S/C40H47NO18/c1-6-17-50-39-36(59-38(48)26-15-11-8-12-16-26)35(32(46)28(55-39)19-52-37(47)25-13-9-7-10-14-25)58-30-18-27-31(41(21(2)42)40(49)56-27)34(57-30)33(54-24(5)45)29(53-23(4)44)20-51-22(3)43/h7-16,27-36,39,46H,6,17-20H2,1-5H3/t27-,28+,29?,30?,31+,32-,33?,34+,35-,36+,39+/m0/s1. The Morgan fingerprint density at radius 3 is 2.02 bits per heavy atom. The van der Waals surface area contributed by atoms with E-state index in [1.54, 1.807) is 36.4 Å². The van der Waals surface area contributed by atoms with Crippen LogP contribution in [0.1, 0.15) is 68.2 Å². The Kier molecular flexibility index (Phi) is 15.5. The van der Waals surface area contributed by atoms with Gasteiger partial charge in [-0.15, -0.1) is 0 Å². The van der Waals surface area contributed by atoms with Crippen LogP contribution in [0.4, 0.5) is 4.79 Å². The molecule has 1 N–H and O–H groups in total. The van der Waals surface area contributed by atoms with Gasteiger partial charge in [0.15, 0.2) is 30.9 Å². The van der Waals surface area contributed by atoms with E-state index in [4.69, 9.17) is 47.4 Å². The van der Waals surface area contributed by atoms with Crippen LogP contribution in [0.25, 0.3) is 0 Å². The molecule has 19 heteroatoms. The summed E-state index contributed by atoms with van der Waals surface area (Å²) >= 11 is 0. The van der Waals surface area contributed by atoms with Gasteiger partial charge in [-0.3, -0.25) is 19.2 Å². The number of benzene rings is 2. The van der Waals surface area contributed by atoms with Crippen LogP contribution in [0.5, 0.6) is 0 Å². The van der Waals surface area contributed by atoms with Gasteiger partial charge in [0, 0.05) is 40.7 Å². The molecule has 0 spiro atoms. The van der Waals surface area contributed by atoms with Crippen molar-refractivity contribution in [2.75, 3.05) is 19.8 Å². The Labute approximate surface area is 339 Å². The zero-order chi connectivity index (χ0) is 42.8. The number of hydrogen-bond acceptors (Lipinski definition) is 18. The molecule has 3 heterocycles. The highest BCUT2D eigenvalue weighted by Gasteiger charge is 2.59. The van der Waals surface area contributed by atoms with E-state index in [-0.39, 0.29) is 24.2 Å². The summed E-state index contributed by atoms with van der Waals surface area (Å²) in [6, 6.07) is 14.7. The fraction of sp³-hybridized carbons (Fsp3) is 0.525. The number of ether oxygens (including phenoxy) is 10. The summed E-state index contributed by atoms with van der Waals surface area (Å²) in [5.74, 6) is -4.88. The largest absolute Gasteiger partial charge is 0.462 e. The van der Waals surface area contributed by atoms with Gasteiger partial charge in [-0.1, -0.05) is 43.3 Å². The van der Waals surface area contributed by atoms with Crippen LogP contribution in [0.3, 0.4) is 0 Å².